The first-order valence-electron chi connectivity index (χ1n) is 8.05. The van der Waals surface area contributed by atoms with Gasteiger partial charge in [0, 0.05) is 6.42 Å². The third-order valence-electron chi connectivity index (χ3n) is 4.00. The lowest BCUT2D eigenvalue weighted by Crippen LogP contribution is -2.27. The number of ether oxygens (including phenoxy) is 2. The molecule has 24 heavy (non-hydrogen) atoms. The Morgan fingerprint density at radius 3 is 2.58 bits per heavy atom. The van der Waals surface area contributed by atoms with Gasteiger partial charge in [0.2, 0.25) is 5.91 Å². The molecule has 1 aliphatic rings. The fourth-order valence-electron chi connectivity index (χ4n) is 2.64. The van der Waals surface area contributed by atoms with E-state index < -0.39 is 0 Å². The van der Waals surface area contributed by atoms with Gasteiger partial charge in [-0.2, -0.15) is 0 Å². The van der Waals surface area contributed by atoms with Crippen molar-refractivity contribution in [1.82, 2.24) is 5.32 Å². The highest BCUT2D eigenvalue weighted by Crippen LogP contribution is 2.32. The second-order valence-electron chi connectivity index (χ2n) is 5.82. The summed E-state index contributed by atoms with van der Waals surface area (Å²) in [5.41, 5.74) is 1.91. The lowest BCUT2D eigenvalue weighted by Gasteiger charge is -2.21. The number of nitrogens with one attached hydrogen (secondary N) is 1. The summed E-state index contributed by atoms with van der Waals surface area (Å²) >= 11 is 0. The summed E-state index contributed by atoms with van der Waals surface area (Å²) in [4.78, 5) is 12.1. The molecule has 0 spiro atoms. The van der Waals surface area contributed by atoms with Crippen molar-refractivity contribution in [2.24, 2.45) is 0 Å². The van der Waals surface area contributed by atoms with Gasteiger partial charge in [0.25, 0.3) is 0 Å². The number of amides is 1. The van der Waals surface area contributed by atoms with Gasteiger partial charge in [0.15, 0.2) is 11.5 Å². The third-order valence-corrected chi connectivity index (χ3v) is 4.00. The number of carbonyl (C=O) groups excluding carboxylic acids is 1. The van der Waals surface area contributed by atoms with Gasteiger partial charge in [-0.15, -0.1) is 0 Å². The molecule has 0 unspecified atom stereocenters. The summed E-state index contributed by atoms with van der Waals surface area (Å²) in [6, 6.07) is 11.8. The summed E-state index contributed by atoms with van der Waals surface area (Å²) in [6.07, 6.45) is 0.945. The van der Waals surface area contributed by atoms with Gasteiger partial charge in [0.1, 0.15) is 19.0 Å². The zero-order chi connectivity index (χ0) is 16.9. The molecule has 0 aliphatic carbocycles. The maximum atomic E-state index is 12.9. The molecule has 3 rings (SSSR count). The average Bonchev–Trinajstić information content (AvgIpc) is 2.61. The predicted octanol–water partition coefficient (Wildman–Crippen LogP) is 3.41. The second-order valence-corrected chi connectivity index (χ2v) is 5.82. The molecular weight excluding hydrogens is 309 g/mol. The van der Waals surface area contributed by atoms with Gasteiger partial charge in [-0.1, -0.05) is 18.2 Å². The van der Waals surface area contributed by atoms with Gasteiger partial charge >= 0.3 is 0 Å². The molecule has 1 N–H and O–H groups in total. The van der Waals surface area contributed by atoms with Gasteiger partial charge in [-0.3, -0.25) is 4.79 Å². The summed E-state index contributed by atoms with van der Waals surface area (Å²) in [5.74, 6) is 1.14. The Morgan fingerprint density at radius 1 is 1.12 bits per heavy atom. The fourth-order valence-corrected chi connectivity index (χ4v) is 2.64. The molecular formula is C19H20FNO3. The number of hydrogen-bond acceptors (Lipinski definition) is 3. The Bertz CT molecular complexity index is 715. The van der Waals surface area contributed by atoms with Crippen LogP contribution in [0.4, 0.5) is 4.39 Å². The molecule has 0 bridgehead atoms. The van der Waals surface area contributed by atoms with Gasteiger partial charge in [0.05, 0.1) is 6.04 Å². The molecule has 2 aromatic rings. The zero-order valence-electron chi connectivity index (χ0n) is 13.5. The van der Waals surface area contributed by atoms with E-state index in [1.165, 1.54) is 12.1 Å². The Balaban J connectivity index is 1.55. The van der Waals surface area contributed by atoms with Crippen LogP contribution in [0.1, 0.15) is 30.5 Å². The SMILES string of the molecule is C[C@@H](NC(=O)CCc1ccc(F)cc1)c1ccc2c(c1)OCCO2. The first-order chi connectivity index (χ1) is 11.6. The van der Waals surface area contributed by atoms with Gasteiger partial charge in [-0.25, -0.2) is 4.39 Å². The highest BCUT2D eigenvalue weighted by Gasteiger charge is 2.15. The highest BCUT2D eigenvalue weighted by molar-refractivity contribution is 5.76. The molecule has 0 aromatic heterocycles. The van der Waals surface area contributed by atoms with Crippen LogP contribution in [0, 0.1) is 5.82 Å². The molecule has 1 aliphatic heterocycles. The molecule has 1 atom stereocenters. The minimum Gasteiger partial charge on any atom is -0.486 e. The van der Waals surface area contributed by atoms with Crippen molar-refractivity contribution in [3.8, 4) is 11.5 Å². The number of carbonyl (C=O) groups is 1. The Hall–Kier alpha value is -2.56. The van der Waals surface area contributed by atoms with Crippen molar-refractivity contribution < 1.29 is 18.7 Å². The summed E-state index contributed by atoms with van der Waals surface area (Å²) in [7, 11) is 0. The van der Waals surface area contributed by atoms with Crippen LogP contribution >= 0.6 is 0 Å². The molecule has 2 aromatic carbocycles. The summed E-state index contributed by atoms with van der Waals surface area (Å²) in [6.45, 7) is 3.03. The maximum Gasteiger partial charge on any atom is 0.220 e. The Morgan fingerprint density at radius 2 is 1.83 bits per heavy atom. The monoisotopic (exact) mass is 329 g/mol. The van der Waals surface area contributed by atoms with E-state index in [0.717, 1.165) is 16.9 Å². The maximum absolute atomic E-state index is 12.9. The minimum absolute atomic E-state index is 0.0401. The molecule has 0 fully saturated rings. The van der Waals surface area contributed by atoms with Crippen molar-refractivity contribution in [2.75, 3.05) is 13.2 Å². The zero-order valence-corrected chi connectivity index (χ0v) is 13.5. The van der Waals surface area contributed by atoms with Crippen LogP contribution in [0.5, 0.6) is 11.5 Å². The molecule has 5 heteroatoms. The van der Waals surface area contributed by atoms with E-state index in [1.54, 1.807) is 12.1 Å². The van der Waals surface area contributed by atoms with Crippen LogP contribution in [0.15, 0.2) is 42.5 Å². The molecule has 1 heterocycles. The largest absolute Gasteiger partial charge is 0.486 e. The number of benzene rings is 2. The molecule has 0 saturated heterocycles. The van der Waals surface area contributed by atoms with Gasteiger partial charge in [-0.05, 0) is 48.7 Å². The molecule has 0 saturated carbocycles. The molecule has 4 nitrogen and oxygen atoms in total. The van der Waals surface area contributed by atoms with Crippen molar-refractivity contribution in [3.63, 3.8) is 0 Å². The van der Waals surface area contributed by atoms with E-state index in [1.807, 2.05) is 25.1 Å². The van der Waals surface area contributed by atoms with Crippen LogP contribution in [0.3, 0.4) is 0 Å². The lowest BCUT2D eigenvalue weighted by atomic mass is 10.1. The Kier molecular flexibility index (Phi) is 4.99. The molecule has 0 radical (unpaired) electrons. The number of rotatable bonds is 5. The topological polar surface area (TPSA) is 47.6 Å². The van der Waals surface area contributed by atoms with Crippen LogP contribution in [-0.4, -0.2) is 19.1 Å². The quantitative estimate of drug-likeness (QED) is 0.914. The minimum atomic E-state index is -0.268. The fraction of sp³-hybridized carbons (Fsp3) is 0.316. The standard InChI is InChI=1S/C19H20FNO3/c1-13(15-5-8-17-18(12-15)24-11-10-23-17)21-19(22)9-4-14-2-6-16(20)7-3-14/h2-3,5-8,12-13H,4,9-11H2,1H3,(H,21,22)/t13-/m1/s1. The predicted molar refractivity (Wildman–Crippen MR) is 88.7 cm³/mol. The van der Waals surface area contributed by atoms with Crippen LogP contribution in [-0.2, 0) is 11.2 Å². The highest BCUT2D eigenvalue weighted by atomic mass is 19.1. The second kappa shape index (κ2) is 7.34. The van der Waals surface area contributed by atoms with Crippen molar-refractivity contribution in [2.45, 2.75) is 25.8 Å². The first-order valence-corrected chi connectivity index (χ1v) is 8.05. The van der Waals surface area contributed by atoms with Crippen molar-refractivity contribution in [1.29, 1.82) is 0 Å². The van der Waals surface area contributed by atoms with Gasteiger partial charge < -0.3 is 14.8 Å². The number of aryl methyl sites for hydroxylation is 1. The average molecular weight is 329 g/mol. The normalized spacial score (nSPS) is 14.1. The third kappa shape index (κ3) is 4.04. The smallest absolute Gasteiger partial charge is 0.220 e. The van der Waals surface area contributed by atoms with E-state index in [4.69, 9.17) is 9.47 Å². The van der Waals surface area contributed by atoms with E-state index in [-0.39, 0.29) is 17.8 Å². The lowest BCUT2D eigenvalue weighted by molar-refractivity contribution is -0.121. The summed E-state index contributed by atoms with van der Waals surface area (Å²) < 4.78 is 23.9. The number of fused-ring (bicyclic) bond motifs is 1. The summed E-state index contributed by atoms with van der Waals surface area (Å²) in [5, 5.41) is 2.98. The Labute approximate surface area is 140 Å². The van der Waals surface area contributed by atoms with Crippen molar-refractivity contribution >= 4 is 5.91 Å². The van der Waals surface area contributed by atoms with E-state index in [2.05, 4.69) is 5.32 Å². The first kappa shape index (κ1) is 16.3. The van der Waals surface area contributed by atoms with Crippen LogP contribution < -0.4 is 14.8 Å². The van der Waals surface area contributed by atoms with Crippen LogP contribution in [0.25, 0.3) is 0 Å². The van der Waals surface area contributed by atoms with Crippen molar-refractivity contribution in [3.05, 3.63) is 59.4 Å². The van der Waals surface area contributed by atoms with E-state index in [0.29, 0.717) is 31.8 Å². The number of hydrogen-bond donors (Lipinski definition) is 1. The van der Waals surface area contributed by atoms with E-state index >= 15 is 0 Å². The van der Waals surface area contributed by atoms with E-state index in [9.17, 15) is 9.18 Å². The number of halogens is 1. The van der Waals surface area contributed by atoms with Crippen LogP contribution in [0.2, 0.25) is 0 Å². The molecule has 126 valence electrons. The molecule has 1 amide bonds.